The first-order chi connectivity index (χ1) is 17.0. The van der Waals surface area contributed by atoms with E-state index >= 15 is 0 Å². The summed E-state index contributed by atoms with van der Waals surface area (Å²) in [6.07, 6.45) is 4.08. The van der Waals surface area contributed by atoms with Gasteiger partial charge in [-0.1, -0.05) is 18.2 Å². The maximum absolute atomic E-state index is 13.3. The third-order valence-corrected chi connectivity index (χ3v) is 6.27. The number of ketones is 1. The fourth-order valence-electron chi connectivity index (χ4n) is 4.74. The van der Waals surface area contributed by atoms with E-state index in [-0.39, 0.29) is 24.0 Å². The van der Waals surface area contributed by atoms with Gasteiger partial charge in [-0.3, -0.25) is 14.6 Å². The molecule has 178 valence electrons. The smallest absolute Gasteiger partial charge is 0.295 e. The van der Waals surface area contributed by atoms with Crippen LogP contribution in [0, 0.1) is 0 Å². The molecule has 1 N–H and O–H groups in total. The minimum atomic E-state index is -0.779. The normalized spacial score (nSPS) is 20.6. The molecule has 1 fully saturated rings. The Morgan fingerprint density at radius 2 is 2.03 bits per heavy atom. The molecule has 2 aliphatic heterocycles. The number of hydrogen-bond acceptors (Lipinski definition) is 6. The highest BCUT2D eigenvalue weighted by molar-refractivity contribution is 6.46. The van der Waals surface area contributed by atoms with Crippen LogP contribution in [0.25, 0.3) is 5.76 Å². The van der Waals surface area contributed by atoms with Gasteiger partial charge < -0.3 is 19.5 Å². The Bertz CT molecular complexity index is 1320. The highest BCUT2D eigenvalue weighted by atomic mass is 16.5. The van der Waals surface area contributed by atoms with E-state index in [1.807, 2.05) is 50.2 Å². The van der Waals surface area contributed by atoms with Gasteiger partial charge in [-0.25, -0.2) is 0 Å². The zero-order chi connectivity index (χ0) is 24.5. The van der Waals surface area contributed by atoms with Gasteiger partial charge in [-0.2, -0.15) is 0 Å². The number of rotatable bonds is 6. The number of benzene rings is 2. The van der Waals surface area contributed by atoms with Crippen molar-refractivity contribution in [2.75, 3.05) is 6.61 Å². The summed E-state index contributed by atoms with van der Waals surface area (Å²) in [6.45, 7) is 4.53. The Morgan fingerprint density at radius 3 is 2.80 bits per heavy atom. The Morgan fingerprint density at radius 1 is 1.17 bits per heavy atom. The van der Waals surface area contributed by atoms with E-state index in [2.05, 4.69) is 4.98 Å². The molecule has 3 aromatic rings. The van der Waals surface area contributed by atoms with Crippen LogP contribution in [0.15, 0.2) is 72.6 Å². The van der Waals surface area contributed by atoms with E-state index in [1.54, 1.807) is 30.6 Å². The summed E-state index contributed by atoms with van der Waals surface area (Å²) >= 11 is 0. The average Bonchev–Trinajstić information content (AvgIpc) is 3.35. The highest BCUT2D eigenvalue weighted by Gasteiger charge is 2.46. The molecular weight excluding hydrogens is 444 g/mol. The quantitative estimate of drug-likeness (QED) is 0.326. The number of nitrogens with zero attached hydrogens (tertiary/aromatic N) is 2. The van der Waals surface area contributed by atoms with Gasteiger partial charge in [0.15, 0.2) is 0 Å². The van der Waals surface area contributed by atoms with E-state index in [0.29, 0.717) is 29.9 Å². The lowest BCUT2D eigenvalue weighted by Crippen LogP contribution is -2.29. The van der Waals surface area contributed by atoms with Gasteiger partial charge in [0.2, 0.25) is 0 Å². The molecule has 2 aliphatic rings. The van der Waals surface area contributed by atoms with Crippen molar-refractivity contribution in [1.82, 2.24) is 9.88 Å². The minimum absolute atomic E-state index is 0.0498. The largest absolute Gasteiger partial charge is 0.507 e. The molecule has 2 aromatic carbocycles. The second-order valence-corrected chi connectivity index (χ2v) is 8.75. The van der Waals surface area contributed by atoms with Crippen LogP contribution in [0.4, 0.5) is 0 Å². The molecule has 5 rings (SSSR count). The Kier molecular flexibility index (Phi) is 5.99. The Labute approximate surface area is 203 Å². The van der Waals surface area contributed by atoms with Crippen molar-refractivity contribution < 1.29 is 24.2 Å². The molecule has 35 heavy (non-hydrogen) atoms. The van der Waals surface area contributed by atoms with E-state index in [9.17, 15) is 14.7 Å². The summed E-state index contributed by atoms with van der Waals surface area (Å²) in [6, 6.07) is 15.5. The first-order valence-corrected chi connectivity index (χ1v) is 11.7. The van der Waals surface area contributed by atoms with Crippen molar-refractivity contribution in [3.8, 4) is 11.5 Å². The van der Waals surface area contributed by atoms with Gasteiger partial charge in [0.05, 0.1) is 18.2 Å². The van der Waals surface area contributed by atoms with Gasteiger partial charge in [-0.15, -0.1) is 0 Å². The predicted octanol–water partition coefficient (Wildman–Crippen LogP) is 4.43. The van der Waals surface area contributed by atoms with Crippen molar-refractivity contribution in [2.45, 2.75) is 39.0 Å². The second kappa shape index (κ2) is 9.25. The number of amides is 1. The highest BCUT2D eigenvalue weighted by Crippen LogP contribution is 2.42. The van der Waals surface area contributed by atoms with E-state index in [0.717, 1.165) is 16.9 Å². The van der Waals surface area contributed by atoms with Crippen molar-refractivity contribution in [3.63, 3.8) is 0 Å². The molecule has 0 spiro atoms. The zero-order valence-corrected chi connectivity index (χ0v) is 19.6. The van der Waals surface area contributed by atoms with E-state index < -0.39 is 17.7 Å². The summed E-state index contributed by atoms with van der Waals surface area (Å²) in [5.41, 5.74) is 2.95. The van der Waals surface area contributed by atoms with Gasteiger partial charge >= 0.3 is 0 Å². The second-order valence-electron chi connectivity index (χ2n) is 8.75. The number of carbonyl (C=O) groups excluding carboxylic acids is 2. The summed E-state index contributed by atoms with van der Waals surface area (Å²) < 4.78 is 11.4. The number of aliphatic hydroxyl groups is 1. The topological polar surface area (TPSA) is 89.0 Å². The molecule has 7 heteroatoms. The lowest BCUT2D eigenvalue weighted by molar-refractivity contribution is -0.140. The fourth-order valence-corrected chi connectivity index (χ4v) is 4.74. The van der Waals surface area contributed by atoms with Gasteiger partial charge in [0, 0.05) is 30.9 Å². The summed E-state index contributed by atoms with van der Waals surface area (Å²) in [5.74, 6) is -0.192. The molecule has 1 amide bonds. The van der Waals surface area contributed by atoms with Crippen molar-refractivity contribution >= 4 is 17.4 Å². The standard InChI is InChI=1S/C28H26N2O5/c1-3-34-22-8-4-7-19(14-22)25-24(26(31)20-9-10-23-21(13-20)12-17(2)35-23)27(32)28(33)30(25)16-18-6-5-11-29-15-18/h4-11,13-15,17,25,31H,3,12,16H2,1-2H3/b26-24+/t17-,25-/m0/s1. The average molecular weight is 471 g/mol. The Hall–Kier alpha value is -4.13. The van der Waals surface area contributed by atoms with Gasteiger partial charge in [-0.05, 0) is 66.9 Å². The number of ether oxygens (including phenoxy) is 2. The number of carbonyl (C=O) groups is 2. The molecule has 3 heterocycles. The SMILES string of the molecule is CCOc1cccc([C@H]2/C(=C(\O)c3ccc4c(c3)C[C@H](C)O4)C(=O)C(=O)N2Cc2cccnc2)c1. The van der Waals surface area contributed by atoms with Crippen LogP contribution in [0.5, 0.6) is 11.5 Å². The van der Waals surface area contributed by atoms with Gasteiger partial charge in [0.1, 0.15) is 23.4 Å². The number of likely N-dealkylation sites (tertiary alicyclic amines) is 1. The van der Waals surface area contributed by atoms with Gasteiger partial charge in [0.25, 0.3) is 11.7 Å². The number of pyridine rings is 1. The summed E-state index contributed by atoms with van der Waals surface area (Å²) in [7, 11) is 0. The first kappa shape index (κ1) is 22.7. The van der Waals surface area contributed by atoms with Crippen LogP contribution in [0.3, 0.4) is 0 Å². The number of hydrogen-bond donors (Lipinski definition) is 1. The maximum Gasteiger partial charge on any atom is 0.295 e. The van der Waals surface area contributed by atoms with Crippen LogP contribution < -0.4 is 9.47 Å². The molecular formula is C28H26N2O5. The third kappa shape index (κ3) is 4.25. The van der Waals surface area contributed by atoms with E-state index in [4.69, 9.17) is 9.47 Å². The molecule has 1 saturated heterocycles. The monoisotopic (exact) mass is 470 g/mol. The third-order valence-electron chi connectivity index (χ3n) is 6.27. The molecule has 1 aromatic heterocycles. The number of aromatic nitrogens is 1. The maximum atomic E-state index is 13.3. The summed E-state index contributed by atoms with van der Waals surface area (Å²) in [5, 5.41) is 11.4. The molecule has 0 bridgehead atoms. The Balaban J connectivity index is 1.63. The van der Waals surface area contributed by atoms with Crippen LogP contribution in [0.2, 0.25) is 0 Å². The van der Waals surface area contributed by atoms with E-state index in [1.165, 1.54) is 4.90 Å². The van der Waals surface area contributed by atoms with Crippen LogP contribution in [0.1, 0.15) is 42.1 Å². The molecule has 0 unspecified atom stereocenters. The number of Topliss-reactive ketones (excluding diaryl/α,β-unsaturated/α-hetero) is 1. The molecule has 7 nitrogen and oxygen atoms in total. The molecule has 0 radical (unpaired) electrons. The minimum Gasteiger partial charge on any atom is -0.507 e. The van der Waals surface area contributed by atoms with Crippen molar-refractivity contribution in [1.29, 1.82) is 0 Å². The molecule has 0 aliphatic carbocycles. The predicted molar refractivity (Wildman–Crippen MR) is 130 cm³/mol. The van der Waals surface area contributed by atoms with Crippen molar-refractivity contribution in [2.24, 2.45) is 0 Å². The zero-order valence-electron chi connectivity index (χ0n) is 19.6. The van der Waals surface area contributed by atoms with Crippen molar-refractivity contribution in [3.05, 3.63) is 94.8 Å². The molecule has 2 atom stereocenters. The van der Waals surface area contributed by atoms with Crippen LogP contribution in [-0.2, 0) is 22.6 Å². The lowest BCUT2D eigenvalue weighted by atomic mass is 9.94. The summed E-state index contributed by atoms with van der Waals surface area (Å²) in [4.78, 5) is 32.2. The molecule has 0 saturated carbocycles. The number of fused-ring (bicyclic) bond motifs is 1. The lowest BCUT2D eigenvalue weighted by Gasteiger charge is -2.25. The van der Waals surface area contributed by atoms with Crippen LogP contribution in [-0.4, -0.2) is 39.4 Å². The van der Waals surface area contributed by atoms with Crippen LogP contribution >= 0.6 is 0 Å². The number of aliphatic hydroxyl groups excluding tert-OH is 1. The fraction of sp³-hybridized carbons (Fsp3) is 0.250. The first-order valence-electron chi connectivity index (χ1n) is 11.7.